The molecule has 1 aromatic carbocycles. The Morgan fingerprint density at radius 1 is 1.17 bits per heavy atom. The van der Waals surface area contributed by atoms with Gasteiger partial charge in [0.05, 0.1) is 13.1 Å². The Bertz CT molecular complexity index is 894. The highest BCUT2D eigenvalue weighted by molar-refractivity contribution is 5.26. The zero-order valence-electron chi connectivity index (χ0n) is 13.4. The normalized spacial score (nSPS) is 14.5. The molecule has 0 fully saturated rings. The van der Waals surface area contributed by atoms with Crippen molar-refractivity contribution in [2.45, 2.75) is 19.6 Å². The molecule has 0 atom stereocenters. The van der Waals surface area contributed by atoms with Gasteiger partial charge in [-0.15, -0.1) is 0 Å². The molecule has 4 rings (SSSR count). The number of furan rings is 1. The van der Waals surface area contributed by atoms with Gasteiger partial charge >= 0.3 is 5.69 Å². The van der Waals surface area contributed by atoms with Gasteiger partial charge in [-0.3, -0.25) is 9.47 Å². The Morgan fingerprint density at radius 2 is 2.00 bits per heavy atom. The van der Waals surface area contributed by atoms with Crippen LogP contribution in [0.4, 0.5) is 0 Å². The summed E-state index contributed by atoms with van der Waals surface area (Å²) in [7, 11) is 1.68. The number of hydrogen-bond donors (Lipinski definition) is 0. The number of ether oxygens (including phenoxy) is 1. The first-order valence-corrected chi connectivity index (χ1v) is 7.86. The van der Waals surface area contributed by atoms with Crippen LogP contribution in [-0.4, -0.2) is 25.8 Å². The molecule has 0 N–H and O–H groups in total. The number of rotatable bonds is 4. The van der Waals surface area contributed by atoms with Crippen molar-refractivity contribution >= 4 is 0 Å². The lowest BCUT2D eigenvalue weighted by Gasteiger charge is -2.25. The maximum absolute atomic E-state index is 11.9. The van der Waals surface area contributed by atoms with Crippen LogP contribution in [-0.2, 0) is 26.7 Å². The smallest absolute Gasteiger partial charge is 0.345 e. The van der Waals surface area contributed by atoms with Gasteiger partial charge in [0.1, 0.15) is 17.3 Å². The largest absolute Gasteiger partial charge is 0.429 e. The number of aromatic nitrogens is 3. The summed E-state index contributed by atoms with van der Waals surface area (Å²) in [6.45, 7) is 2.72. The van der Waals surface area contributed by atoms with Crippen molar-refractivity contribution < 1.29 is 9.15 Å². The average Bonchev–Trinajstić information content (AvgIpc) is 3.13. The van der Waals surface area contributed by atoms with Gasteiger partial charge in [0.15, 0.2) is 0 Å². The van der Waals surface area contributed by atoms with E-state index in [1.807, 2.05) is 42.5 Å². The van der Waals surface area contributed by atoms with Crippen molar-refractivity contribution in [3.8, 4) is 11.7 Å². The molecular weight excluding hydrogens is 308 g/mol. The van der Waals surface area contributed by atoms with Gasteiger partial charge in [-0.2, -0.15) is 5.10 Å². The molecule has 24 heavy (non-hydrogen) atoms. The van der Waals surface area contributed by atoms with E-state index in [4.69, 9.17) is 9.15 Å². The zero-order chi connectivity index (χ0) is 16.5. The molecule has 0 amide bonds. The molecular formula is C17H18N4O3. The lowest BCUT2D eigenvalue weighted by molar-refractivity contribution is 0.187. The fourth-order valence-corrected chi connectivity index (χ4v) is 2.88. The van der Waals surface area contributed by atoms with Crippen LogP contribution in [0.2, 0.25) is 0 Å². The molecule has 0 unspecified atom stereocenters. The molecule has 0 saturated carbocycles. The fraction of sp³-hybridized carbons (Fsp3) is 0.294. The maximum Gasteiger partial charge on any atom is 0.345 e. The van der Waals surface area contributed by atoms with Gasteiger partial charge in [0.25, 0.3) is 5.95 Å². The number of benzene rings is 1. The summed E-state index contributed by atoms with van der Waals surface area (Å²) < 4.78 is 14.5. The summed E-state index contributed by atoms with van der Waals surface area (Å²) in [6.07, 6.45) is 0. The molecule has 3 heterocycles. The van der Waals surface area contributed by atoms with Gasteiger partial charge in [0.2, 0.25) is 0 Å². The maximum atomic E-state index is 11.9. The number of aryl methyl sites for hydroxylation is 1. The molecule has 7 nitrogen and oxygen atoms in total. The highest BCUT2D eigenvalue weighted by atomic mass is 16.6. The topological polar surface area (TPSA) is 65.4 Å². The van der Waals surface area contributed by atoms with E-state index in [9.17, 15) is 4.79 Å². The first-order chi connectivity index (χ1) is 11.7. The van der Waals surface area contributed by atoms with Gasteiger partial charge in [0, 0.05) is 26.2 Å². The van der Waals surface area contributed by atoms with Gasteiger partial charge in [-0.1, -0.05) is 18.2 Å². The summed E-state index contributed by atoms with van der Waals surface area (Å²) in [5.41, 5.74) is -0.0544. The van der Waals surface area contributed by atoms with Crippen LogP contribution >= 0.6 is 0 Å². The Hall–Kier alpha value is -2.80. The number of nitrogens with zero attached hydrogens (tertiary/aromatic N) is 4. The van der Waals surface area contributed by atoms with Crippen molar-refractivity contribution in [3.05, 3.63) is 64.5 Å². The summed E-state index contributed by atoms with van der Waals surface area (Å²) in [4.78, 5) is 14.1. The highest BCUT2D eigenvalue weighted by Crippen LogP contribution is 2.24. The third kappa shape index (κ3) is 2.85. The molecule has 0 radical (unpaired) electrons. The van der Waals surface area contributed by atoms with Crippen LogP contribution < -0.4 is 10.4 Å². The molecule has 0 saturated heterocycles. The summed E-state index contributed by atoms with van der Waals surface area (Å²) in [5.74, 6) is 2.84. The summed E-state index contributed by atoms with van der Waals surface area (Å²) in [5, 5.41) is 4.27. The molecule has 124 valence electrons. The third-order valence-electron chi connectivity index (χ3n) is 4.07. The second-order valence-corrected chi connectivity index (χ2v) is 5.82. The number of fused-ring (bicyclic) bond motifs is 1. The fourth-order valence-electron chi connectivity index (χ4n) is 2.88. The Balaban J connectivity index is 1.42. The lowest BCUT2D eigenvalue weighted by Crippen LogP contribution is -2.37. The van der Waals surface area contributed by atoms with Crippen LogP contribution in [0.25, 0.3) is 0 Å². The first-order valence-electron chi connectivity index (χ1n) is 7.86. The van der Waals surface area contributed by atoms with E-state index in [1.54, 1.807) is 11.6 Å². The van der Waals surface area contributed by atoms with E-state index >= 15 is 0 Å². The SMILES string of the molecule is Cn1nc2n(c1=O)CCN(Cc1ccc(Oc3ccccc3)o1)C2. The van der Waals surface area contributed by atoms with Gasteiger partial charge in [-0.05, 0) is 18.2 Å². The monoisotopic (exact) mass is 326 g/mol. The minimum atomic E-state index is -0.0544. The molecule has 7 heteroatoms. The number of para-hydroxylation sites is 1. The van der Waals surface area contributed by atoms with E-state index in [0.29, 0.717) is 25.6 Å². The van der Waals surface area contributed by atoms with Crippen LogP contribution in [0.3, 0.4) is 0 Å². The molecule has 0 spiro atoms. The van der Waals surface area contributed by atoms with Crippen molar-refractivity contribution in [1.82, 2.24) is 19.2 Å². The van der Waals surface area contributed by atoms with Crippen LogP contribution in [0.5, 0.6) is 11.7 Å². The van der Waals surface area contributed by atoms with Crippen molar-refractivity contribution in [1.29, 1.82) is 0 Å². The van der Waals surface area contributed by atoms with E-state index in [2.05, 4.69) is 10.00 Å². The Morgan fingerprint density at radius 3 is 2.83 bits per heavy atom. The van der Waals surface area contributed by atoms with Crippen molar-refractivity contribution in [2.24, 2.45) is 7.05 Å². The first kappa shape index (κ1) is 14.8. The van der Waals surface area contributed by atoms with Crippen LogP contribution in [0.1, 0.15) is 11.6 Å². The number of hydrogen-bond acceptors (Lipinski definition) is 5. The lowest BCUT2D eigenvalue weighted by atomic mass is 10.3. The van der Waals surface area contributed by atoms with E-state index in [1.165, 1.54) is 4.68 Å². The standard InChI is InChI=1S/C17H18N4O3/c1-19-17(22)21-10-9-20(12-15(21)18-19)11-14-7-8-16(24-14)23-13-5-3-2-4-6-13/h2-8H,9-12H2,1H3. The highest BCUT2D eigenvalue weighted by Gasteiger charge is 2.21. The average molecular weight is 326 g/mol. The van der Waals surface area contributed by atoms with Crippen molar-refractivity contribution in [2.75, 3.05) is 6.54 Å². The molecule has 0 aliphatic carbocycles. The second-order valence-electron chi connectivity index (χ2n) is 5.82. The van der Waals surface area contributed by atoms with Crippen LogP contribution in [0, 0.1) is 0 Å². The van der Waals surface area contributed by atoms with Gasteiger partial charge < -0.3 is 9.15 Å². The van der Waals surface area contributed by atoms with E-state index in [0.717, 1.165) is 23.9 Å². The Kier molecular flexibility index (Phi) is 3.70. The molecule has 2 aromatic heterocycles. The van der Waals surface area contributed by atoms with E-state index < -0.39 is 0 Å². The quantitative estimate of drug-likeness (QED) is 0.733. The summed E-state index contributed by atoms with van der Waals surface area (Å²) in [6, 6.07) is 13.3. The zero-order valence-corrected chi connectivity index (χ0v) is 13.4. The minimum absolute atomic E-state index is 0.0544. The third-order valence-corrected chi connectivity index (χ3v) is 4.07. The second kappa shape index (κ2) is 6.01. The molecule has 0 bridgehead atoms. The molecule has 3 aromatic rings. The molecule has 1 aliphatic heterocycles. The van der Waals surface area contributed by atoms with Gasteiger partial charge in [-0.25, -0.2) is 9.48 Å². The Labute approximate surface area is 138 Å². The minimum Gasteiger partial charge on any atom is -0.429 e. The van der Waals surface area contributed by atoms with Crippen LogP contribution in [0.15, 0.2) is 51.7 Å². The molecule has 1 aliphatic rings. The van der Waals surface area contributed by atoms with Crippen molar-refractivity contribution in [3.63, 3.8) is 0 Å². The summed E-state index contributed by atoms with van der Waals surface area (Å²) >= 11 is 0. The predicted octanol–water partition coefficient (Wildman–Crippen LogP) is 1.98. The van der Waals surface area contributed by atoms with E-state index in [-0.39, 0.29) is 5.69 Å². The predicted molar refractivity (Wildman–Crippen MR) is 86.8 cm³/mol.